The van der Waals surface area contributed by atoms with Gasteiger partial charge >= 0.3 is 0 Å². The molecule has 1 N–H and O–H groups in total. The van der Waals surface area contributed by atoms with Gasteiger partial charge < -0.3 is 10.2 Å². The topological polar surface area (TPSA) is 49.4 Å². The summed E-state index contributed by atoms with van der Waals surface area (Å²) in [5, 5.41) is 2.80. The zero-order chi connectivity index (χ0) is 15.4. The Morgan fingerprint density at radius 3 is 2.38 bits per heavy atom. The largest absolute Gasteiger partial charge is 0.345 e. The number of hydrogen-bond donors (Lipinski definition) is 1. The van der Waals surface area contributed by atoms with Gasteiger partial charge in [-0.3, -0.25) is 9.59 Å². The van der Waals surface area contributed by atoms with E-state index in [0.29, 0.717) is 16.8 Å². The van der Waals surface area contributed by atoms with E-state index in [9.17, 15) is 9.59 Å². The molecular weight excluding hydrogens is 264 g/mol. The lowest BCUT2D eigenvalue weighted by Gasteiger charge is -2.14. The summed E-state index contributed by atoms with van der Waals surface area (Å²) in [5.41, 5.74) is 2.58. The van der Waals surface area contributed by atoms with E-state index in [2.05, 4.69) is 5.32 Å². The van der Waals surface area contributed by atoms with Crippen LogP contribution < -0.4 is 5.32 Å². The van der Waals surface area contributed by atoms with Crippen LogP contribution in [0.2, 0.25) is 0 Å². The van der Waals surface area contributed by atoms with E-state index in [1.165, 1.54) is 4.90 Å². The van der Waals surface area contributed by atoms with Crippen molar-refractivity contribution in [3.05, 3.63) is 65.2 Å². The highest BCUT2D eigenvalue weighted by atomic mass is 16.2. The van der Waals surface area contributed by atoms with E-state index in [0.717, 1.165) is 5.56 Å². The van der Waals surface area contributed by atoms with Crippen molar-refractivity contribution in [1.82, 2.24) is 4.90 Å². The first-order chi connectivity index (χ1) is 9.99. The molecule has 0 saturated heterocycles. The molecule has 0 saturated carbocycles. The van der Waals surface area contributed by atoms with Crippen molar-refractivity contribution in [1.29, 1.82) is 0 Å². The third kappa shape index (κ3) is 3.48. The quantitative estimate of drug-likeness (QED) is 0.941. The van der Waals surface area contributed by atoms with Crippen LogP contribution in [-0.4, -0.2) is 30.8 Å². The van der Waals surface area contributed by atoms with Gasteiger partial charge in [-0.05, 0) is 31.2 Å². The van der Waals surface area contributed by atoms with E-state index < -0.39 is 0 Å². The summed E-state index contributed by atoms with van der Waals surface area (Å²) in [7, 11) is 3.36. The molecule has 0 aliphatic rings. The molecule has 0 bridgehead atoms. The van der Waals surface area contributed by atoms with Gasteiger partial charge in [-0.1, -0.05) is 29.8 Å². The second-order valence-electron chi connectivity index (χ2n) is 5.07. The molecule has 2 amide bonds. The van der Waals surface area contributed by atoms with Gasteiger partial charge in [0.25, 0.3) is 11.8 Å². The van der Waals surface area contributed by atoms with Gasteiger partial charge in [0.15, 0.2) is 0 Å². The van der Waals surface area contributed by atoms with Crippen LogP contribution in [0.15, 0.2) is 48.5 Å². The van der Waals surface area contributed by atoms with E-state index in [1.807, 2.05) is 25.1 Å². The van der Waals surface area contributed by atoms with E-state index >= 15 is 0 Å². The van der Waals surface area contributed by atoms with Crippen molar-refractivity contribution in [2.24, 2.45) is 0 Å². The number of nitrogens with zero attached hydrogens (tertiary/aromatic N) is 1. The van der Waals surface area contributed by atoms with Crippen molar-refractivity contribution >= 4 is 17.5 Å². The standard InChI is InChI=1S/C17H18N2O2/c1-12-7-6-8-13(11-12)16(20)18-15-10-5-4-9-14(15)17(21)19(2)3/h4-11H,1-3H3,(H,18,20). The summed E-state index contributed by atoms with van der Waals surface area (Å²) in [6.45, 7) is 1.93. The van der Waals surface area contributed by atoms with Crippen molar-refractivity contribution in [3.8, 4) is 0 Å². The molecule has 4 heteroatoms. The zero-order valence-electron chi connectivity index (χ0n) is 12.4. The lowest BCUT2D eigenvalue weighted by molar-refractivity contribution is 0.0828. The predicted molar refractivity (Wildman–Crippen MR) is 83.6 cm³/mol. The van der Waals surface area contributed by atoms with Gasteiger partial charge in [-0.15, -0.1) is 0 Å². The van der Waals surface area contributed by atoms with Crippen LogP contribution in [0.4, 0.5) is 5.69 Å². The van der Waals surface area contributed by atoms with E-state index in [-0.39, 0.29) is 11.8 Å². The number of rotatable bonds is 3. The maximum absolute atomic E-state index is 12.3. The number of hydrogen-bond acceptors (Lipinski definition) is 2. The van der Waals surface area contributed by atoms with E-state index in [4.69, 9.17) is 0 Å². The van der Waals surface area contributed by atoms with Crippen LogP contribution in [0.1, 0.15) is 26.3 Å². The smallest absolute Gasteiger partial charge is 0.255 e. The zero-order valence-corrected chi connectivity index (χ0v) is 12.4. The van der Waals surface area contributed by atoms with Crippen LogP contribution in [0, 0.1) is 6.92 Å². The first kappa shape index (κ1) is 14.8. The average Bonchev–Trinajstić information content (AvgIpc) is 2.47. The number of amides is 2. The highest BCUT2D eigenvalue weighted by Crippen LogP contribution is 2.18. The Kier molecular flexibility index (Phi) is 4.38. The van der Waals surface area contributed by atoms with Gasteiger partial charge in [0.2, 0.25) is 0 Å². The summed E-state index contributed by atoms with van der Waals surface area (Å²) in [6.07, 6.45) is 0. The normalized spacial score (nSPS) is 10.0. The Morgan fingerprint density at radius 1 is 1.00 bits per heavy atom. The number of benzene rings is 2. The SMILES string of the molecule is Cc1cccc(C(=O)Nc2ccccc2C(=O)N(C)C)c1. The minimum absolute atomic E-state index is 0.143. The summed E-state index contributed by atoms with van der Waals surface area (Å²) in [6, 6.07) is 14.3. The molecule has 0 radical (unpaired) electrons. The molecule has 2 aromatic carbocycles. The molecule has 0 aliphatic heterocycles. The van der Waals surface area contributed by atoms with Crippen LogP contribution in [0.3, 0.4) is 0 Å². The number of carbonyl (C=O) groups is 2. The molecule has 108 valence electrons. The monoisotopic (exact) mass is 282 g/mol. The minimum Gasteiger partial charge on any atom is -0.345 e. The number of carbonyl (C=O) groups excluding carboxylic acids is 2. The fourth-order valence-electron chi connectivity index (χ4n) is 2.00. The Hall–Kier alpha value is -2.62. The third-order valence-electron chi connectivity index (χ3n) is 3.09. The van der Waals surface area contributed by atoms with Gasteiger partial charge in [0.1, 0.15) is 0 Å². The van der Waals surface area contributed by atoms with Gasteiger partial charge in [-0.25, -0.2) is 0 Å². The minimum atomic E-state index is -0.224. The molecule has 0 atom stereocenters. The lowest BCUT2D eigenvalue weighted by atomic mass is 10.1. The van der Waals surface area contributed by atoms with Crippen LogP contribution in [-0.2, 0) is 0 Å². The fourth-order valence-corrected chi connectivity index (χ4v) is 2.00. The third-order valence-corrected chi connectivity index (χ3v) is 3.09. The summed E-state index contributed by atoms with van der Waals surface area (Å²) >= 11 is 0. The maximum atomic E-state index is 12.3. The summed E-state index contributed by atoms with van der Waals surface area (Å²) < 4.78 is 0. The van der Waals surface area contributed by atoms with Crippen LogP contribution >= 0.6 is 0 Å². The molecule has 4 nitrogen and oxygen atoms in total. The number of para-hydroxylation sites is 1. The molecule has 0 aromatic heterocycles. The molecule has 21 heavy (non-hydrogen) atoms. The molecule has 0 aliphatic carbocycles. The Bertz CT molecular complexity index is 678. The highest BCUT2D eigenvalue weighted by molar-refractivity contribution is 6.08. The van der Waals surface area contributed by atoms with Crippen LogP contribution in [0.25, 0.3) is 0 Å². The predicted octanol–water partition coefficient (Wildman–Crippen LogP) is 2.95. The highest BCUT2D eigenvalue weighted by Gasteiger charge is 2.15. The molecule has 0 heterocycles. The van der Waals surface area contributed by atoms with Crippen molar-refractivity contribution < 1.29 is 9.59 Å². The van der Waals surface area contributed by atoms with E-state index in [1.54, 1.807) is 44.4 Å². The fraction of sp³-hybridized carbons (Fsp3) is 0.176. The molecule has 0 fully saturated rings. The Morgan fingerprint density at radius 2 is 1.71 bits per heavy atom. The molecule has 2 rings (SSSR count). The molecular formula is C17H18N2O2. The first-order valence-electron chi connectivity index (χ1n) is 6.67. The summed E-state index contributed by atoms with van der Waals surface area (Å²) in [4.78, 5) is 25.9. The Labute approximate surface area is 124 Å². The molecule has 2 aromatic rings. The number of anilines is 1. The van der Waals surface area contributed by atoms with Crippen molar-refractivity contribution in [2.75, 3.05) is 19.4 Å². The maximum Gasteiger partial charge on any atom is 0.255 e. The molecule has 0 spiro atoms. The number of aryl methyl sites for hydroxylation is 1. The molecule has 0 unspecified atom stereocenters. The number of nitrogens with one attached hydrogen (secondary N) is 1. The van der Waals surface area contributed by atoms with Crippen LogP contribution in [0.5, 0.6) is 0 Å². The average molecular weight is 282 g/mol. The van der Waals surface area contributed by atoms with Gasteiger partial charge in [0.05, 0.1) is 11.3 Å². The van der Waals surface area contributed by atoms with Crippen molar-refractivity contribution in [2.45, 2.75) is 6.92 Å². The lowest BCUT2D eigenvalue weighted by Crippen LogP contribution is -2.24. The Balaban J connectivity index is 2.28. The second kappa shape index (κ2) is 6.22. The first-order valence-corrected chi connectivity index (χ1v) is 6.67. The van der Waals surface area contributed by atoms with Gasteiger partial charge in [0, 0.05) is 19.7 Å². The summed E-state index contributed by atoms with van der Waals surface area (Å²) in [5.74, 6) is -0.368. The van der Waals surface area contributed by atoms with Gasteiger partial charge in [-0.2, -0.15) is 0 Å². The van der Waals surface area contributed by atoms with Crippen molar-refractivity contribution in [3.63, 3.8) is 0 Å². The second-order valence-corrected chi connectivity index (χ2v) is 5.07.